The molecule has 0 radical (unpaired) electrons. The summed E-state index contributed by atoms with van der Waals surface area (Å²) in [4.78, 5) is 12.7. The number of benzene rings is 2. The Morgan fingerprint density at radius 1 is 1.00 bits per heavy atom. The number of nitrogens with one attached hydrogen (secondary N) is 1. The maximum Gasteiger partial charge on any atom is 0.261 e. The lowest BCUT2D eigenvalue weighted by atomic mass is 10.0. The van der Waals surface area contributed by atoms with Gasteiger partial charge in [0.05, 0.1) is 6.04 Å². The fourth-order valence-corrected chi connectivity index (χ4v) is 2.70. The summed E-state index contributed by atoms with van der Waals surface area (Å²) in [6.07, 6.45) is 0.989. The van der Waals surface area contributed by atoms with Crippen LogP contribution in [-0.4, -0.2) is 12.0 Å². The van der Waals surface area contributed by atoms with Gasteiger partial charge < -0.3 is 10.1 Å². The SMILES string of the molecule is CC[C@H](Oc1cccc(C)c1C)C(=O)N[C@@H](CC)c1ccccc1. The molecule has 1 N–H and O–H groups in total. The van der Waals surface area contributed by atoms with E-state index in [0.717, 1.165) is 23.3 Å². The molecule has 2 aromatic rings. The summed E-state index contributed by atoms with van der Waals surface area (Å²) in [6, 6.07) is 16.0. The monoisotopic (exact) mass is 325 g/mol. The molecule has 0 fully saturated rings. The normalized spacial score (nSPS) is 13.2. The molecule has 0 aliphatic carbocycles. The summed E-state index contributed by atoms with van der Waals surface area (Å²) in [6.45, 7) is 8.11. The fraction of sp³-hybridized carbons (Fsp3) is 0.381. The number of aryl methyl sites for hydroxylation is 1. The summed E-state index contributed by atoms with van der Waals surface area (Å²) in [5, 5.41) is 3.12. The summed E-state index contributed by atoms with van der Waals surface area (Å²) in [5.74, 6) is 0.721. The largest absolute Gasteiger partial charge is 0.480 e. The smallest absolute Gasteiger partial charge is 0.261 e. The van der Waals surface area contributed by atoms with E-state index in [0.29, 0.717) is 6.42 Å². The molecule has 0 saturated heterocycles. The van der Waals surface area contributed by atoms with E-state index < -0.39 is 6.10 Å². The van der Waals surface area contributed by atoms with Gasteiger partial charge in [-0.2, -0.15) is 0 Å². The topological polar surface area (TPSA) is 38.3 Å². The minimum atomic E-state index is -0.483. The second-order valence-corrected chi connectivity index (χ2v) is 6.09. The first kappa shape index (κ1) is 18.1. The number of hydrogen-bond donors (Lipinski definition) is 1. The molecule has 0 heterocycles. The number of amides is 1. The molecular weight excluding hydrogens is 298 g/mol. The van der Waals surface area contributed by atoms with Crippen molar-refractivity contribution in [2.75, 3.05) is 0 Å². The van der Waals surface area contributed by atoms with Gasteiger partial charge in [-0.15, -0.1) is 0 Å². The van der Waals surface area contributed by atoms with Crippen molar-refractivity contribution in [1.29, 1.82) is 0 Å². The zero-order valence-electron chi connectivity index (χ0n) is 15.0. The van der Waals surface area contributed by atoms with Crippen LogP contribution in [0.2, 0.25) is 0 Å². The first-order valence-electron chi connectivity index (χ1n) is 8.65. The molecule has 24 heavy (non-hydrogen) atoms. The molecule has 0 bridgehead atoms. The molecule has 0 aromatic heterocycles. The van der Waals surface area contributed by atoms with Gasteiger partial charge in [0.25, 0.3) is 5.91 Å². The average Bonchev–Trinajstić information content (AvgIpc) is 2.61. The predicted octanol–water partition coefficient (Wildman–Crippen LogP) is 4.73. The minimum absolute atomic E-state index is 0.00922. The number of carbonyl (C=O) groups excluding carboxylic acids is 1. The third-order valence-corrected chi connectivity index (χ3v) is 4.41. The summed E-state index contributed by atoms with van der Waals surface area (Å²) < 4.78 is 6.01. The number of rotatable bonds is 7. The van der Waals surface area contributed by atoms with E-state index in [1.807, 2.05) is 69.3 Å². The molecular formula is C21H27NO2. The van der Waals surface area contributed by atoms with Crippen LogP contribution in [0.3, 0.4) is 0 Å². The molecule has 0 unspecified atom stereocenters. The Labute approximate surface area is 145 Å². The van der Waals surface area contributed by atoms with Crippen molar-refractivity contribution in [2.24, 2.45) is 0 Å². The van der Waals surface area contributed by atoms with Gasteiger partial charge in [-0.3, -0.25) is 4.79 Å². The predicted molar refractivity (Wildman–Crippen MR) is 98.2 cm³/mol. The molecule has 3 heteroatoms. The highest BCUT2D eigenvalue weighted by molar-refractivity contribution is 5.81. The molecule has 2 atom stereocenters. The Bertz CT molecular complexity index is 667. The van der Waals surface area contributed by atoms with Crippen molar-refractivity contribution in [3.8, 4) is 5.75 Å². The summed E-state index contributed by atoms with van der Waals surface area (Å²) in [7, 11) is 0. The van der Waals surface area contributed by atoms with E-state index in [9.17, 15) is 4.79 Å². The lowest BCUT2D eigenvalue weighted by molar-refractivity contribution is -0.129. The van der Waals surface area contributed by atoms with Gasteiger partial charge in [0.15, 0.2) is 6.10 Å². The van der Waals surface area contributed by atoms with Crippen LogP contribution >= 0.6 is 0 Å². The highest BCUT2D eigenvalue weighted by atomic mass is 16.5. The first-order valence-corrected chi connectivity index (χ1v) is 8.65. The maximum atomic E-state index is 12.7. The van der Waals surface area contributed by atoms with Crippen LogP contribution in [0.5, 0.6) is 5.75 Å². The lowest BCUT2D eigenvalue weighted by Crippen LogP contribution is -2.40. The van der Waals surface area contributed by atoms with E-state index in [1.165, 1.54) is 5.56 Å². The lowest BCUT2D eigenvalue weighted by Gasteiger charge is -2.23. The molecule has 0 saturated carbocycles. The Morgan fingerprint density at radius 2 is 1.71 bits per heavy atom. The van der Waals surface area contributed by atoms with Crippen LogP contribution in [0.25, 0.3) is 0 Å². The average molecular weight is 325 g/mol. The number of ether oxygens (including phenoxy) is 1. The Balaban J connectivity index is 2.09. The third kappa shape index (κ3) is 4.38. The van der Waals surface area contributed by atoms with E-state index in [2.05, 4.69) is 12.2 Å². The van der Waals surface area contributed by atoms with Gasteiger partial charge in [-0.05, 0) is 49.4 Å². The summed E-state index contributed by atoms with van der Waals surface area (Å²) in [5.41, 5.74) is 3.37. The van der Waals surface area contributed by atoms with E-state index in [1.54, 1.807) is 0 Å². The van der Waals surface area contributed by atoms with E-state index in [4.69, 9.17) is 4.74 Å². The van der Waals surface area contributed by atoms with Gasteiger partial charge in [-0.1, -0.05) is 56.3 Å². The van der Waals surface area contributed by atoms with E-state index >= 15 is 0 Å². The van der Waals surface area contributed by atoms with Crippen molar-refractivity contribution in [1.82, 2.24) is 5.32 Å². The highest BCUT2D eigenvalue weighted by Crippen LogP contribution is 2.23. The molecule has 2 aromatic carbocycles. The Hall–Kier alpha value is -2.29. The Kier molecular flexibility index (Phi) is 6.42. The maximum absolute atomic E-state index is 12.7. The second-order valence-electron chi connectivity index (χ2n) is 6.09. The van der Waals surface area contributed by atoms with Crippen molar-refractivity contribution in [3.63, 3.8) is 0 Å². The van der Waals surface area contributed by atoms with Gasteiger partial charge >= 0.3 is 0 Å². The van der Waals surface area contributed by atoms with Crippen molar-refractivity contribution >= 4 is 5.91 Å². The minimum Gasteiger partial charge on any atom is -0.480 e. The zero-order valence-corrected chi connectivity index (χ0v) is 15.0. The fourth-order valence-electron chi connectivity index (χ4n) is 2.70. The Morgan fingerprint density at radius 3 is 2.33 bits per heavy atom. The summed E-state index contributed by atoms with van der Waals surface area (Å²) >= 11 is 0. The number of carbonyl (C=O) groups is 1. The first-order chi connectivity index (χ1) is 11.6. The standard InChI is InChI=1S/C21H27NO2/c1-5-18(17-12-8-7-9-13-17)22-21(23)19(6-2)24-20-14-10-11-15(3)16(20)4/h7-14,18-19H,5-6H2,1-4H3,(H,22,23)/t18-,19-/m0/s1. The van der Waals surface area contributed by atoms with Gasteiger partial charge in [0, 0.05) is 0 Å². The van der Waals surface area contributed by atoms with Crippen molar-refractivity contribution in [2.45, 2.75) is 52.7 Å². The molecule has 3 nitrogen and oxygen atoms in total. The van der Waals surface area contributed by atoms with Crippen molar-refractivity contribution < 1.29 is 9.53 Å². The molecule has 0 aliphatic rings. The van der Waals surface area contributed by atoms with Gasteiger partial charge in [0.1, 0.15) is 5.75 Å². The van der Waals surface area contributed by atoms with Crippen LogP contribution in [0.15, 0.2) is 48.5 Å². The highest BCUT2D eigenvalue weighted by Gasteiger charge is 2.22. The van der Waals surface area contributed by atoms with Crippen LogP contribution in [0.1, 0.15) is 49.4 Å². The molecule has 0 spiro atoms. The van der Waals surface area contributed by atoms with Crippen LogP contribution in [-0.2, 0) is 4.79 Å². The van der Waals surface area contributed by atoms with Crippen molar-refractivity contribution in [3.05, 3.63) is 65.2 Å². The van der Waals surface area contributed by atoms with Gasteiger partial charge in [-0.25, -0.2) is 0 Å². The quantitative estimate of drug-likeness (QED) is 0.799. The molecule has 2 rings (SSSR count). The zero-order chi connectivity index (χ0) is 17.5. The molecule has 1 amide bonds. The molecule has 128 valence electrons. The number of hydrogen-bond acceptors (Lipinski definition) is 2. The van der Waals surface area contributed by atoms with Gasteiger partial charge in [0.2, 0.25) is 0 Å². The van der Waals surface area contributed by atoms with Crippen LogP contribution in [0.4, 0.5) is 0 Å². The van der Waals surface area contributed by atoms with Crippen LogP contribution in [0, 0.1) is 13.8 Å². The van der Waals surface area contributed by atoms with Crippen LogP contribution < -0.4 is 10.1 Å². The molecule has 0 aliphatic heterocycles. The third-order valence-electron chi connectivity index (χ3n) is 4.41. The van der Waals surface area contributed by atoms with E-state index in [-0.39, 0.29) is 11.9 Å². The second kappa shape index (κ2) is 8.53.